The first-order chi connectivity index (χ1) is 7.25. The van der Waals surface area contributed by atoms with Crippen molar-refractivity contribution in [2.24, 2.45) is 11.8 Å². The van der Waals surface area contributed by atoms with Crippen molar-refractivity contribution >= 4 is 11.8 Å². The molecule has 15 heavy (non-hydrogen) atoms. The molecule has 0 aromatic rings. The molecule has 0 amide bonds. The first-order valence-corrected chi connectivity index (χ1v) is 7.54. The fourth-order valence-corrected chi connectivity index (χ4v) is 4.17. The molecular formula is C13H24OS. The highest BCUT2D eigenvalue weighted by Gasteiger charge is 2.29. The monoisotopic (exact) mass is 228 g/mol. The molecule has 0 aromatic heterocycles. The average molecular weight is 228 g/mol. The molecule has 4 atom stereocenters. The van der Waals surface area contributed by atoms with Crippen molar-refractivity contribution in [3.8, 4) is 0 Å². The SMILES string of the molecule is CC1CCCOC(C2CCSC(C)C2)C1. The third-order valence-corrected chi connectivity index (χ3v) is 5.09. The highest BCUT2D eigenvalue weighted by atomic mass is 32.2. The largest absolute Gasteiger partial charge is 0.378 e. The van der Waals surface area contributed by atoms with E-state index in [2.05, 4.69) is 25.6 Å². The fraction of sp³-hybridized carbons (Fsp3) is 1.00. The summed E-state index contributed by atoms with van der Waals surface area (Å²) in [6.07, 6.45) is 7.28. The zero-order valence-corrected chi connectivity index (χ0v) is 10.9. The Kier molecular flexibility index (Phi) is 4.39. The number of hydrogen-bond acceptors (Lipinski definition) is 2. The molecule has 2 heterocycles. The van der Waals surface area contributed by atoms with Crippen LogP contribution in [-0.2, 0) is 4.74 Å². The summed E-state index contributed by atoms with van der Waals surface area (Å²) >= 11 is 2.14. The van der Waals surface area contributed by atoms with Crippen LogP contribution in [0.4, 0.5) is 0 Å². The highest BCUT2D eigenvalue weighted by Crippen LogP contribution is 2.35. The Hall–Kier alpha value is 0.310. The molecule has 2 rings (SSSR count). The van der Waals surface area contributed by atoms with Gasteiger partial charge in [-0.15, -0.1) is 0 Å². The van der Waals surface area contributed by atoms with Crippen LogP contribution in [0.3, 0.4) is 0 Å². The molecule has 0 spiro atoms. The van der Waals surface area contributed by atoms with E-state index in [-0.39, 0.29) is 0 Å². The first-order valence-electron chi connectivity index (χ1n) is 6.49. The maximum Gasteiger partial charge on any atom is 0.0606 e. The van der Waals surface area contributed by atoms with Gasteiger partial charge in [-0.25, -0.2) is 0 Å². The molecule has 2 aliphatic rings. The smallest absolute Gasteiger partial charge is 0.0606 e. The van der Waals surface area contributed by atoms with Gasteiger partial charge in [0.15, 0.2) is 0 Å². The Morgan fingerprint density at radius 2 is 2.00 bits per heavy atom. The van der Waals surface area contributed by atoms with Gasteiger partial charge in [0.2, 0.25) is 0 Å². The van der Waals surface area contributed by atoms with E-state index >= 15 is 0 Å². The van der Waals surface area contributed by atoms with Crippen molar-refractivity contribution in [2.75, 3.05) is 12.4 Å². The Bertz CT molecular complexity index is 195. The number of thioether (sulfide) groups is 1. The van der Waals surface area contributed by atoms with Crippen molar-refractivity contribution in [1.82, 2.24) is 0 Å². The van der Waals surface area contributed by atoms with Crippen LogP contribution < -0.4 is 0 Å². The van der Waals surface area contributed by atoms with E-state index in [1.165, 1.54) is 37.9 Å². The molecule has 4 unspecified atom stereocenters. The lowest BCUT2D eigenvalue weighted by molar-refractivity contribution is 0.00811. The normalized spacial score (nSPS) is 43.6. The minimum Gasteiger partial charge on any atom is -0.378 e. The lowest BCUT2D eigenvalue weighted by Gasteiger charge is -2.33. The van der Waals surface area contributed by atoms with Gasteiger partial charge in [-0.1, -0.05) is 13.8 Å². The molecule has 2 heteroatoms. The van der Waals surface area contributed by atoms with Crippen molar-refractivity contribution in [3.05, 3.63) is 0 Å². The molecule has 2 fully saturated rings. The molecule has 2 saturated heterocycles. The van der Waals surface area contributed by atoms with Gasteiger partial charge in [0, 0.05) is 11.9 Å². The van der Waals surface area contributed by atoms with Crippen LogP contribution in [0.25, 0.3) is 0 Å². The molecule has 2 aliphatic heterocycles. The molecule has 0 aromatic carbocycles. The van der Waals surface area contributed by atoms with Gasteiger partial charge < -0.3 is 4.74 Å². The second-order valence-corrected chi connectivity index (χ2v) is 6.90. The lowest BCUT2D eigenvalue weighted by atomic mass is 9.87. The van der Waals surface area contributed by atoms with Crippen LogP contribution in [0.5, 0.6) is 0 Å². The van der Waals surface area contributed by atoms with Gasteiger partial charge in [-0.2, -0.15) is 11.8 Å². The molecule has 0 N–H and O–H groups in total. The third-order valence-electron chi connectivity index (χ3n) is 3.86. The summed E-state index contributed by atoms with van der Waals surface area (Å²) < 4.78 is 6.05. The van der Waals surface area contributed by atoms with Gasteiger partial charge >= 0.3 is 0 Å². The molecule has 0 aliphatic carbocycles. The van der Waals surface area contributed by atoms with E-state index in [0.29, 0.717) is 6.10 Å². The van der Waals surface area contributed by atoms with Gasteiger partial charge in [0.05, 0.1) is 6.10 Å². The second-order valence-electron chi connectivity index (χ2n) is 5.36. The number of ether oxygens (including phenoxy) is 1. The lowest BCUT2D eigenvalue weighted by Crippen LogP contribution is -2.30. The average Bonchev–Trinajstić information content (AvgIpc) is 2.43. The zero-order chi connectivity index (χ0) is 10.7. The summed E-state index contributed by atoms with van der Waals surface area (Å²) in [5, 5.41) is 0.853. The maximum atomic E-state index is 6.05. The maximum absolute atomic E-state index is 6.05. The molecule has 0 saturated carbocycles. The van der Waals surface area contributed by atoms with E-state index in [9.17, 15) is 0 Å². The van der Waals surface area contributed by atoms with E-state index in [1.807, 2.05) is 0 Å². The summed E-state index contributed by atoms with van der Waals surface area (Å²) in [5.41, 5.74) is 0. The van der Waals surface area contributed by atoms with Crippen LogP contribution in [0, 0.1) is 11.8 Å². The van der Waals surface area contributed by atoms with Crippen molar-refractivity contribution in [3.63, 3.8) is 0 Å². The second kappa shape index (κ2) is 5.58. The minimum absolute atomic E-state index is 0.575. The molecule has 88 valence electrons. The summed E-state index contributed by atoms with van der Waals surface area (Å²) in [4.78, 5) is 0. The van der Waals surface area contributed by atoms with Crippen LogP contribution in [-0.4, -0.2) is 23.7 Å². The van der Waals surface area contributed by atoms with Gasteiger partial charge in [0.1, 0.15) is 0 Å². The quantitative estimate of drug-likeness (QED) is 0.676. The van der Waals surface area contributed by atoms with Gasteiger partial charge in [-0.3, -0.25) is 0 Å². The van der Waals surface area contributed by atoms with Gasteiger partial charge in [0.25, 0.3) is 0 Å². The third kappa shape index (κ3) is 3.39. The zero-order valence-electron chi connectivity index (χ0n) is 10.1. The Morgan fingerprint density at radius 1 is 1.13 bits per heavy atom. The Labute approximate surface area is 98.3 Å². The van der Waals surface area contributed by atoms with E-state index in [1.54, 1.807) is 0 Å². The molecule has 0 radical (unpaired) electrons. The molecule has 0 bridgehead atoms. The predicted octanol–water partition coefficient (Wildman–Crippen LogP) is 3.72. The minimum atomic E-state index is 0.575. The van der Waals surface area contributed by atoms with Crippen LogP contribution >= 0.6 is 11.8 Å². The summed E-state index contributed by atoms with van der Waals surface area (Å²) in [5.74, 6) is 3.07. The number of rotatable bonds is 1. The number of hydrogen-bond donors (Lipinski definition) is 0. The Morgan fingerprint density at radius 3 is 2.80 bits per heavy atom. The summed E-state index contributed by atoms with van der Waals surface area (Å²) in [6.45, 7) is 5.77. The van der Waals surface area contributed by atoms with Crippen molar-refractivity contribution in [2.45, 2.75) is 57.3 Å². The van der Waals surface area contributed by atoms with E-state index in [4.69, 9.17) is 4.74 Å². The standard InChI is InChI=1S/C13H24OS/c1-10-4-3-6-14-13(8-10)12-5-7-15-11(2)9-12/h10-13H,3-9H2,1-2H3. The predicted molar refractivity (Wildman–Crippen MR) is 67.4 cm³/mol. The molecular weight excluding hydrogens is 204 g/mol. The van der Waals surface area contributed by atoms with Crippen molar-refractivity contribution in [1.29, 1.82) is 0 Å². The topological polar surface area (TPSA) is 9.23 Å². The van der Waals surface area contributed by atoms with E-state index in [0.717, 1.165) is 23.7 Å². The fourth-order valence-electron chi connectivity index (χ4n) is 2.95. The Balaban J connectivity index is 1.89. The van der Waals surface area contributed by atoms with E-state index < -0.39 is 0 Å². The highest BCUT2D eigenvalue weighted by molar-refractivity contribution is 7.99. The van der Waals surface area contributed by atoms with Crippen LogP contribution in [0.15, 0.2) is 0 Å². The van der Waals surface area contributed by atoms with Crippen LogP contribution in [0.2, 0.25) is 0 Å². The van der Waals surface area contributed by atoms with Gasteiger partial charge in [-0.05, 0) is 49.7 Å². The summed E-state index contributed by atoms with van der Waals surface area (Å²) in [6, 6.07) is 0. The van der Waals surface area contributed by atoms with Crippen molar-refractivity contribution < 1.29 is 4.74 Å². The first kappa shape index (κ1) is 11.8. The molecule has 1 nitrogen and oxygen atoms in total. The summed E-state index contributed by atoms with van der Waals surface area (Å²) in [7, 11) is 0. The van der Waals surface area contributed by atoms with Crippen LogP contribution in [0.1, 0.15) is 46.0 Å².